The molecule has 0 fully saturated rings. The van der Waals surface area contributed by atoms with Crippen molar-refractivity contribution in [3.63, 3.8) is 0 Å². The van der Waals surface area contributed by atoms with E-state index in [1.807, 2.05) is 0 Å². The van der Waals surface area contributed by atoms with Crippen molar-refractivity contribution in [2.75, 3.05) is 0 Å². The molecule has 0 aliphatic heterocycles. The highest BCUT2D eigenvalue weighted by Crippen LogP contribution is 2.67. The molecule has 0 saturated heterocycles. The van der Waals surface area contributed by atoms with Gasteiger partial charge in [-0.05, 0) is 52.4 Å². The van der Waals surface area contributed by atoms with E-state index in [0.717, 1.165) is 0 Å². The lowest BCUT2D eigenvalue weighted by Crippen LogP contribution is -2.60. The average Bonchev–Trinajstić information content (AvgIpc) is 2.96. The third kappa shape index (κ3) is 3.27. The van der Waals surface area contributed by atoms with Gasteiger partial charge in [0.05, 0.1) is 9.75 Å². The van der Waals surface area contributed by atoms with Crippen LogP contribution in [0.5, 0.6) is 0 Å². The van der Waals surface area contributed by atoms with Crippen LogP contribution in [0.15, 0.2) is 46.6 Å². The summed E-state index contributed by atoms with van der Waals surface area (Å²) < 4.78 is 0. The monoisotopic (exact) mass is 422 g/mol. The summed E-state index contributed by atoms with van der Waals surface area (Å²) in [6.45, 7) is 26.9. The summed E-state index contributed by atoms with van der Waals surface area (Å²) in [5, 5.41) is 0. The first kappa shape index (κ1) is 23.8. The molecule has 0 heterocycles. The standard InChI is InChI=1S/C26H40Cl2/c1-17-13-19(21(3,4)5)15-25(17,27)24(12,23(9,10)11)26(28)16-20(14-18(26)2)22(6,7)8/h13-16H,1-12H3. The Balaban J connectivity index is 2.83. The van der Waals surface area contributed by atoms with Gasteiger partial charge in [-0.2, -0.15) is 0 Å². The van der Waals surface area contributed by atoms with Gasteiger partial charge in [-0.25, -0.2) is 0 Å². The van der Waals surface area contributed by atoms with Crippen molar-refractivity contribution >= 4 is 23.2 Å². The van der Waals surface area contributed by atoms with Gasteiger partial charge in [0.2, 0.25) is 0 Å². The minimum atomic E-state index is -0.658. The van der Waals surface area contributed by atoms with Crippen molar-refractivity contribution in [3.8, 4) is 0 Å². The van der Waals surface area contributed by atoms with E-state index in [1.165, 1.54) is 22.3 Å². The van der Waals surface area contributed by atoms with Crippen molar-refractivity contribution in [3.05, 3.63) is 46.6 Å². The molecule has 0 spiro atoms. The van der Waals surface area contributed by atoms with E-state index >= 15 is 0 Å². The van der Waals surface area contributed by atoms with E-state index in [1.54, 1.807) is 0 Å². The zero-order valence-corrected chi connectivity index (χ0v) is 21.6. The normalized spacial score (nSPS) is 31.2. The highest BCUT2D eigenvalue weighted by molar-refractivity contribution is 6.33. The van der Waals surface area contributed by atoms with Crippen LogP contribution in [0.2, 0.25) is 0 Å². The van der Waals surface area contributed by atoms with Gasteiger partial charge in [0.1, 0.15) is 0 Å². The number of alkyl halides is 2. The van der Waals surface area contributed by atoms with Gasteiger partial charge in [-0.3, -0.25) is 0 Å². The molecule has 2 rings (SSSR count). The first-order valence-corrected chi connectivity index (χ1v) is 11.2. The first-order valence-electron chi connectivity index (χ1n) is 10.4. The summed E-state index contributed by atoms with van der Waals surface area (Å²) in [4.78, 5) is -1.32. The van der Waals surface area contributed by atoms with Crippen molar-refractivity contribution < 1.29 is 0 Å². The number of allylic oxidation sites excluding steroid dienone is 8. The van der Waals surface area contributed by atoms with Crippen molar-refractivity contribution in [1.82, 2.24) is 0 Å². The number of hydrogen-bond acceptors (Lipinski definition) is 0. The topological polar surface area (TPSA) is 0 Å². The largest absolute Gasteiger partial charge is 0.109 e. The van der Waals surface area contributed by atoms with Crippen molar-refractivity contribution in [2.24, 2.45) is 21.7 Å². The Labute approximate surface area is 184 Å². The van der Waals surface area contributed by atoms with Gasteiger partial charge < -0.3 is 0 Å². The number of rotatable bonds is 2. The van der Waals surface area contributed by atoms with E-state index in [-0.39, 0.29) is 16.2 Å². The summed E-state index contributed by atoms with van der Waals surface area (Å²) in [7, 11) is 0. The first-order chi connectivity index (χ1) is 12.2. The van der Waals surface area contributed by atoms with Crippen LogP contribution in [-0.4, -0.2) is 9.75 Å². The van der Waals surface area contributed by atoms with Crippen LogP contribution in [0.3, 0.4) is 0 Å². The van der Waals surface area contributed by atoms with Gasteiger partial charge in [-0.1, -0.05) is 93.5 Å². The average molecular weight is 424 g/mol. The second-order valence-corrected chi connectivity index (χ2v) is 13.3. The SMILES string of the molecule is CC1=CC(C(C)(C)C)=CC1(Cl)C(C)(C(C)(C)C)C1(Cl)C=C(C(C)(C)C)C=C1C. The summed E-state index contributed by atoms with van der Waals surface area (Å²) in [5.41, 5.74) is 4.44. The van der Waals surface area contributed by atoms with E-state index in [9.17, 15) is 0 Å². The Morgan fingerprint density at radius 2 is 0.893 bits per heavy atom. The predicted molar refractivity (Wildman–Crippen MR) is 127 cm³/mol. The number of hydrogen-bond donors (Lipinski definition) is 0. The van der Waals surface area contributed by atoms with Gasteiger partial charge in [0.15, 0.2) is 0 Å². The zero-order chi connectivity index (χ0) is 22.1. The minimum Gasteiger partial charge on any atom is -0.109 e. The molecule has 0 aromatic carbocycles. The molecule has 158 valence electrons. The molecular formula is C26H40Cl2. The van der Waals surface area contributed by atoms with Crippen LogP contribution >= 0.6 is 23.2 Å². The molecule has 0 bridgehead atoms. The molecule has 2 unspecified atom stereocenters. The van der Waals surface area contributed by atoms with Crippen LogP contribution in [0.1, 0.15) is 83.1 Å². The molecule has 0 radical (unpaired) electrons. The van der Waals surface area contributed by atoms with Gasteiger partial charge in [0, 0.05) is 5.41 Å². The summed E-state index contributed by atoms with van der Waals surface area (Å²) >= 11 is 15.3. The number of halogens is 2. The predicted octanol–water partition coefficient (Wildman–Crippen LogP) is 8.86. The fourth-order valence-corrected chi connectivity index (χ4v) is 5.97. The molecule has 28 heavy (non-hydrogen) atoms. The highest BCUT2D eigenvalue weighted by Gasteiger charge is 2.66. The smallest absolute Gasteiger partial charge is 0.0923 e. The van der Waals surface area contributed by atoms with Crippen LogP contribution in [0, 0.1) is 21.7 Å². The van der Waals surface area contributed by atoms with Crippen LogP contribution < -0.4 is 0 Å². The zero-order valence-electron chi connectivity index (χ0n) is 20.1. The van der Waals surface area contributed by atoms with Crippen molar-refractivity contribution in [1.29, 1.82) is 0 Å². The fraction of sp³-hybridized carbons (Fsp3) is 0.692. The van der Waals surface area contributed by atoms with E-state index < -0.39 is 15.2 Å². The van der Waals surface area contributed by atoms with Crippen LogP contribution in [0.25, 0.3) is 0 Å². The van der Waals surface area contributed by atoms with E-state index in [0.29, 0.717) is 0 Å². The lowest BCUT2D eigenvalue weighted by molar-refractivity contribution is 0.0656. The lowest BCUT2D eigenvalue weighted by atomic mass is 9.52. The molecule has 0 saturated carbocycles. The Morgan fingerprint density at radius 1 is 0.607 bits per heavy atom. The molecule has 0 amide bonds. The Kier molecular flexibility index (Phi) is 5.54. The molecule has 0 N–H and O–H groups in total. The molecule has 2 aliphatic rings. The van der Waals surface area contributed by atoms with Crippen LogP contribution in [0.4, 0.5) is 0 Å². The molecule has 2 aliphatic carbocycles. The van der Waals surface area contributed by atoms with E-state index in [2.05, 4.69) is 107 Å². The molecule has 2 heteroatoms. The highest BCUT2D eigenvalue weighted by atomic mass is 35.5. The lowest BCUT2D eigenvalue weighted by Gasteiger charge is -2.58. The summed E-state index contributed by atoms with van der Waals surface area (Å²) in [6, 6.07) is 0. The molecule has 0 aromatic heterocycles. The Bertz CT molecular complexity index is 726. The maximum atomic E-state index is 7.63. The van der Waals surface area contributed by atoms with Gasteiger partial charge in [-0.15, -0.1) is 23.2 Å². The third-order valence-corrected chi connectivity index (χ3v) is 8.86. The summed E-state index contributed by atoms with van der Waals surface area (Å²) in [5.74, 6) is 0. The minimum absolute atomic E-state index is 0.0448. The van der Waals surface area contributed by atoms with Crippen LogP contribution in [-0.2, 0) is 0 Å². The third-order valence-electron chi connectivity index (χ3n) is 7.29. The Hall–Kier alpha value is -0.460. The second kappa shape index (κ2) is 6.52. The molecule has 2 atom stereocenters. The Morgan fingerprint density at radius 3 is 1.07 bits per heavy atom. The fourth-order valence-electron chi connectivity index (χ4n) is 4.72. The van der Waals surface area contributed by atoms with Gasteiger partial charge >= 0.3 is 0 Å². The quantitative estimate of drug-likeness (QED) is 0.389. The maximum absolute atomic E-state index is 7.63. The molecule has 0 nitrogen and oxygen atoms in total. The summed E-state index contributed by atoms with van der Waals surface area (Å²) in [6.07, 6.45) is 9.13. The maximum Gasteiger partial charge on any atom is 0.0923 e. The van der Waals surface area contributed by atoms with Crippen molar-refractivity contribution in [2.45, 2.75) is 92.8 Å². The molecular weight excluding hydrogens is 383 g/mol. The molecule has 0 aromatic rings. The second-order valence-electron chi connectivity index (χ2n) is 12.2. The van der Waals surface area contributed by atoms with Gasteiger partial charge in [0.25, 0.3) is 0 Å². The van der Waals surface area contributed by atoms with E-state index in [4.69, 9.17) is 23.2 Å².